The summed E-state index contributed by atoms with van der Waals surface area (Å²) in [4.78, 5) is 14.4. The van der Waals surface area contributed by atoms with E-state index in [9.17, 15) is 4.79 Å². The fourth-order valence-electron chi connectivity index (χ4n) is 3.34. The zero-order valence-corrected chi connectivity index (χ0v) is 20.1. The first-order chi connectivity index (χ1) is 16.6. The Morgan fingerprint density at radius 1 is 1.06 bits per heavy atom. The molecule has 0 fully saturated rings. The summed E-state index contributed by atoms with van der Waals surface area (Å²) in [5, 5.41) is 9.46. The van der Waals surface area contributed by atoms with Crippen LogP contribution < -0.4 is 9.47 Å². The summed E-state index contributed by atoms with van der Waals surface area (Å²) in [6, 6.07) is 19.0. The molecule has 4 aromatic rings. The van der Waals surface area contributed by atoms with Gasteiger partial charge in [-0.25, -0.2) is 0 Å². The molecule has 0 unspecified atom stereocenters. The number of carbonyl (C=O) groups excluding carboxylic acids is 1. The topological polar surface area (TPSA) is 82.6 Å². The quantitative estimate of drug-likeness (QED) is 0.306. The van der Waals surface area contributed by atoms with Gasteiger partial charge in [0.1, 0.15) is 17.3 Å². The van der Waals surface area contributed by atoms with Crippen LogP contribution in [0.2, 0.25) is 0 Å². The molecule has 2 heterocycles. The van der Waals surface area contributed by atoms with Crippen molar-refractivity contribution in [1.29, 1.82) is 0 Å². The number of nitrogens with zero attached hydrogens (tertiary/aromatic N) is 4. The number of furan rings is 1. The fourth-order valence-corrected chi connectivity index (χ4v) is 4.23. The molecule has 2 aromatic carbocycles. The minimum absolute atomic E-state index is 0.0337. The Morgan fingerprint density at radius 2 is 1.79 bits per heavy atom. The zero-order valence-electron chi connectivity index (χ0n) is 19.3. The van der Waals surface area contributed by atoms with Gasteiger partial charge in [0.05, 0.1) is 32.3 Å². The largest absolute Gasteiger partial charge is 0.497 e. The Bertz CT molecular complexity index is 1200. The lowest BCUT2D eigenvalue weighted by Crippen LogP contribution is -2.27. The Balaban J connectivity index is 1.59. The molecule has 0 radical (unpaired) electrons. The summed E-state index contributed by atoms with van der Waals surface area (Å²) < 4.78 is 18.1. The highest BCUT2D eigenvalue weighted by Gasteiger charge is 2.19. The van der Waals surface area contributed by atoms with Crippen LogP contribution in [-0.4, -0.2) is 52.1 Å². The minimum Gasteiger partial charge on any atom is -0.497 e. The van der Waals surface area contributed by atoms with Crippen LogP contribution in [0.15, 0.2) is 76.5 Å². The lowest BCUT2D eigenvalue weighted by atomic mass is 10.2. The molecule has 0 N–H and O–H groups in total. The number of carbonyl (C=O) groups is 1. The Morgan fingerprint density at radius 3 is 2.44 bits per heavy atom. The van der Waals surface area contributed by atoms with E-state index >= 15 is 0 Å². The van der Waals surface area contributed by atoms with Gasteiger partial charge in [0.25, 0.3) is 0 Å². The van der Waals surface area contributed by atoms with Crippen molar-refractivity contribution in [3.8, 4) is 28.6 Å². The van der Waals surface area contributed by atoms with Crippen LogP contribution in [0.25, 0.3) is 17.1 Å². The lowest BCUT2D eigenvalue weighted by Gasteiger charge is -2.16. The molecule has 0 aliphatic heterocycles. The second-order valence-electron chi connectivity index (χ2n) is 7.41. The number of methoxy groups -OCH3 is 1. The van der Waals surface area contributed by atoms with E-state index in [1.54, 1.807) is 25.3 Å². The van der Waals surface area contributed by atoms with E-state index in [1.165, 1.54) is 11.8 Å². The van der Waals surface area contributed by atoms with Crippen molar-refractivity contribution in [3.05, 3.63) is 72.7 Å². The molecular weight excluding hydrogens is 452 g/mol. The number of hydrogen-bond acceptors (Lipinski definition) is 7. The van der Waals surface area contributed by atoms with E-state index in [2.05, 4.69) is 10.2 Å². The molecule has 1 amide bonds. The van der Waals surface area contributed by atoms with Crippen LogP contribution >= 0.6 is 11.8 Å². The summed E-state index contributed by atoms with van der Waals surface area (Å²) in [6.45, 7) is 2.96. The fraction of sp³-hybridized carbons (Fsp3) is 0.240. The van der Waals surface area contributed by atoms with E-state index in [1.807, 2.05) is 72.2 Å². The first-order valence-corrected chi connectivity index (χ1v) is 11.8. The standard InChI is InChI=1S/C25H26N4O4S/c1-4-32-21-13-9-19(10-14-21)29-24(18-7-11-20(31-3)12-8-18)26-27-25(29)34-17-23(30)28(2)16-22-6-5-15-33-22/h5-15H,4,16-17H2,1-3H3. The molecule has 0 spiro atoms. The lowest BCUT2D eigenvalue weighted by molar-refractivity contribution is -0.127. The number of benzene rings is 2. The molecule has 0 saturated carbocycles. The molecule has 2 aromatic heterocycles. The van der Waals surface area contributed by atoms with Crippen LogP contribution in [0.3, 0.4) is 0 Å². The van der Waals surface area contributed by atoms with Crippen molar-refractivity contribution in [3.63, 3.8) is 0 Å². The molecule has 9 heteroatoms. The predicted octanol–water partition coefficient (Wildman–Crippen LogP) is 4.69. The van der Waals surface area contributed by atoms with Crippen LogP contribution in [0.5, 0.6) is 11.5 Å². The van der Waals surface area contributed by atoms with E-state index in [4.69, 9.17) is 13.9 Å². The zero-order chi connectivity index (χ0) is 23.9. The van der Waals surface area contributed by atoms with Gasteiger partial charge >= 0.3 is 0 Å². The highest BCUT2D eigenvalue weighted by molar-refractivity contribution is 7.99. The van der Waals surface area contributed by atoms with E-state index in [0.29, 0.717) is 24.1 Å². The van der Waals surface area contributed by atoms with E-state index in [0.717, 1.165) is 28.5 Å². The first kappa shape index (κ1) is 23.4. The Labute approximate surface area is 202 Å². The molecule has 0 aliphatic carbocycles. The van der Waals surface area contributed by atoms with Crippen molar-refractivity contribution >= 4 is 17.7 Å². The molecule has 0 atom stereocenters. The number of thioether (sulfide) groups is 1. The van der Waals surface area contributed by atoms with Gasteiger partial charge in [-0.15, -0.1) is 10.2 Å². The summed E-state index contributed by atoms with van der Waals surface area (Å²) in [6.07, 6.45) is 1.60. The Kier molecular flexibility index (Phi) is 7.54. The average molecular weight is 479 g/mol. The van der Waals surface area contributed by atoms with E-state index in [-0.39, 0.29) is 11.7 Å². The minimum atomic E-state index is -0.0337. The number of rotatable bonds is 10. The maximum absolute atomic E-state index is 12.7. The molecule has 0 aliphatic rings. The molecule has 0 saturated heterocycles. The van der Waals surface area contributed by atoms with Crippen LogP contribution in [0.4, 0.5) is 0 Å². The molecule has 176 valence electrons. The Hall–Kier alpha value is -3.72. The van der Waals surface area contributed by atoms with Crippen molar-refractivity contribution in [1.82, 2.24) is 19.7 Å². The van der Waals surface area contributed by atoms with Gasteiger partial charge in [0.2, 0.25) is 5.91 Å². The van der Waals surface area contributed by atoms with Crippen molar-refractivity contribution in [2.24, 2.45) is 0 Å². The normalized spacial score (nSPS) is 10.8. The van der Waals surface area contributed by atoms with Crippen LogP contribution in [0, 0.1) is 0 Å². The summed E-state index contributed by atoms with van der Waals surface area (Å²) in [5.74, 6) is 3.14. The number of aromatic nitrogens is 3. The summed E-state index contributed by atoms with van der Waals surface area (Å²) in [7, 11) is 3.39. The summed E-state index contributed by atoms with van der Waals surface area (Å²) in [5.41, 5.74) is 1.76. The predicted molar refractivity (Wildman–Crippen MR) is 130 cm³/mol. The average Bonchev–Trinajstić information content (AvgIpc) is 3.53. The second-order valence-corrected chi connectivity index (χ2v) is 8.36. The van der Waals surface area contributed by atoms with Gasteiger partial charge in [-0.2, -0.15) is 0 Å². The summed E-state index contributed by atoms with van der Waals surface area (Å²) >= 11 is 1.34. The van der Waals surface area contributed by atoms with Crippen molar-refractivity contribution < 1.29 is 18.7 Å². The molecular formula is C25H26N4O4S. The third-order valence-electron chi connectivity index (χ3n) is 5.11. The smallest absolute Gasteiger partial charge is 0.233 e. The number of amides is 1. The first-order valence-electron chi connectivity index (χ1n) is 10.8. The monoisotopic (exact) mass is 478 g/mol. The van der Waals surface area contributed by atoms with Gasteiger partial charge in [0.15, 0.2) is 11.0 Å². The molecule has 34 heavy (non-hydrogen) atoms. The third-order valence-corrected chi connectivity index (χ3v) is 6.02. The van der Waals surface area contributed by atoms with Gasteiger partial charge in [-0.05, 0) is 67.6 Å². The number of ether oxygens (including phenoxy) is 2. The van der Waals surface area contributed by atoms with Crippen molar-refractivity contribution in [2.75, 3.05) is 26.5 Å². The third kappa shape index (κ3) is 5.43. The molecule has 8 nitrogen and oxygen atoms in total. The second kappa shape index (κ2) is 10.9. The molecule has 0 bridgehead atoms. The maximum Gasteiger partial charge on any atom is 0.233 e. The van der Waals surface area contributed by atoms with Crippen LogP contribution in [-0.2, 0) is 11.3 Å². The highest BCUT2D eigenvalue weighted by atomic mass is 32.2. The van der Waals surface area contributed by atoms with Crippen LogP contribution in [0.1, 0.15) is 12.7 Å². The van der Waals surface area contributed by atoms with Gasteiger partial charge < -0.3 is 18.8 Å². The van der Waals surface area contributed by atoms with Gasteiger partial charge in [-0.1, -0.05) is 11.8 Å². The molecule has 4 rings (SSSR count). The highest BCUT2D eigenvalue weighted by Crippen LogP contribution is 2.30. The van der Waals surface area contributed by atoms with Gasteiger partial charge in [0, 0.05) is 18.3 Å². The van der Waals surface area contributed by atoms with E-state index < -0.39 is 0 Å². The SMILES string of the molecule is CCOc1ccc(-n2c(SCC(=O)N(C)Cc3ccco3)nnc2-c2ccc(OC)cc2)cc1. The van der Waals surface area contributed by atoms with Crippen molar-refractivity contribution in [2.45, 2.75) is 18.6 Å². The van der Waals surface area contributed by atoms with Gasteiger partial charge in [-0.3, -0.25) is 9.36 Å². The maximum atomic E-state index is 12.7. The number of hydrogen-bond donors (Lipinski definition) is 0.